The fourth-order valence-corrected chi connectivity index (χ4v) is 5.67. The fourth-order valence-electron chi connectivity index (χ4n) is 5.67. The summed E-state index contributed by atoms with van der Waals surface area (Å²) >= 11 is 0. The number of aliphatic hydroxyl groups excluding tert-OH is 1. The van der Waals surface area contributed by atoms with Crippen LogP contribution < -0.4 is 14.8 Å². The first-order chi connectivity index (χ1) is 22.2. The van der Waals surface area contributed by atoms with Gasteiger partial charge in [-0.1, -0.05) is 37.3 Å². The Bertz CT molecular complexity index is 1400. The van der Waals surface area contributed by atoms with Crippen molar-refractivity contribution in [2.45, 2.75) is 64.8 Å². The summed E-state index contributed by atoms with van der Waals surface area (Å²) in [5, 5.41) is 13.2. The molecule has 2 N–H and O–H groups in total. The maximum atomic E-state index is 14.4. The van der Waals surface area contributed by atoms with Crippen LogP contribution in [-0.4, -0.2) is 85.4 Å². The van der Waals surface area contributed by atoms with E-state index in [2.05, 4.69) is 36.3 Å². The Morgan fingerprint density at radius 2 is 1.83 bits per heavy atom. The van der Waals surface area contributed by atoms with Gasteiger partial charge in [0.2, 0.25) is 0 Å². The van der Waals surface area contributed by atoms with Crippen molar-refractivity contribution in [3.63, 3.8) is 0 Å². The highest BCUT2D eigenvalue weighted by Gasteiger charge is 2.30. The van der Waals surface area contributed by atoms with E-state index in [-0.39, 0.29) is 36.5 Å². The molecule has 0 aliphatic carbocycles. The molecule has 248 valence electrons. The van der Waals surface area contributed by atoms with Gasteiger partial charge in [-0.3, -0.25) is 14.5 Å². The second kappa shape index (κ2) is 17.1. The molecule has 0 bridgehead atoms. The molecule has 0 saturated heterocycles. The standard InChI is InChI=1S/C37H49N3O6/c1-26-22-40(27(2)25-41)37(43)33-21-31(38-36(42)30-12-7-6-8-13-30)16-19-34(33)46-28(3)11-9-10-20-45-35(26)24-39(4)23-29-14-17-32(44-5)18-15-29/h6-8,12-19,21,26-28,35,41H,9-11,20,22-25H2,1-5H3,(H,38,42)/t26-,27-,28-,35+/m0/s1. The minimum atomic E-state index is -0.451. The second-order valence-electron chi connectivity index (χ2n) is 12.4. The Morgan fingerprint density at radius 3 is 2.52 bits per heavy atom. The first-order valence-electron chi connectivity index (χ1n) is 16.2. The van der Waals surface area contributed by atoms with E-state index in [1.165, 1.54) is 5.56 Å². The molecule has 1 aliphatic heterocycles. The van der Waals surface area contributed by atoms with Crippen molar-refractivity contribution >= 4 is 17.5 Å². The van der Waals surface area contributed by atoms with Crippen molar-refractivity contribution in [1.29, 1.82) is 0 Å². The summed E-state index contributed by atoms with van der Waals surface area (Å²) < 4.78 is 18.1. The molecule has 0 spiro atoms. The van der Waals surface area contributed by atoms with Crippen LogP contribution in [0.2, 0.25) is 0 Å². The van der Waals surface area contributed by atoms with Gasteiger partial charge in [0.05, 0.1) is 37.5 Å². The lowest BCUT2D eigenvalue weighted by Gasteiger charge is -2.36. The molecule has 9 nitrogen and oxygen atoms in total. The minimum Gasteiger partial charge on any atom is -0.497 e. The van der Waals surface area contributed by atoms with E-state index < -0.39 is 6.04 Å². The number of aliphatic hydroxyl groups is 1. The second-order valence-corrected chi connectivity index (χ2v) is 12.4. The summed E-state index contributed by atoms with van der Waals surface area (Å²) in [5.74, 6) is 0.708. The van der Waals surface area contributed by atoms with E-state index in [4.69, 9.17) is 14.2 Å². The number of fused-ring (bicyclic) bond motifs is 1. The third-order valence-electron chi connectivity index (χ3n) is 8.45. The van der Waals surface area contributed by atoms with Gasteiger partial charge in [0.1, 0.15) is 11.5 Å². The number of carbonyl (C=O) groups is 2. The highest BCUT2D eigenvalue weighted by Crippen LogP contribution is 2.29. The highest BCUT2D eigenvalue weighted by atomic mass is 16.5. The molecule has 0 fully saturated rings. The van der Waals surface area contributed by atoms with Crippen LogP contribution in [0.15, 0.2) is 72.8 Å². The van der Waals surface area contributed by atoms with Gasteiger partial charge in [0, 0.05) is 43.4 Å². The maximum absolute atomic E-state index is 14.4. The van der Waals surface area contributed by atoms with Crippen molar-refractivity contribution in [1.82, 2.24) is 9.80 Å². The van der Waals surface area contributed by atoms with Crippen LogP contribution in [0.1, 0.15) is 66.3 Å². The number of rotatable bonds is 9. The molecule has 3 aromatic carbocycles. The molecule has 0 saturated carbocycles. The Morgan fingerprint density at radius 1 is 1.09 bits per heavy atom. The normalized spacial score (nSPS) is 20.3. The van der Waals surface area contributed by atoms with E-state index in [0.717, 1.165) is 31.6 Å². The van der Waals surface area contributed by atoms with E-state index in [0.29, 0.717) is 42.3 Å². The number of likely N-dealkylation sites (N-methyl/N-ethyl adjacent to an activating group) is 1. The van der Waals surface area contributed by atoms with E-state index in [1.54, 1.807) is 54.5 Å². The number of ether oxygens (including phenoxy) is 3. The van der Waals surface area contributed by atoms with Crippen LogP contribution in [0.25, 0.3) is 0 Å². The first-order valence-corrected chi connectivity index (χ1v) is 16.2. The first kappa shape index (κ1) is 34.9. The third-order valence-corrected chi connectivity index (χ3v) is 8.45. The number of benzene rings is 3. The summed E-state index contributed by atoms with van der Waals surface area (Å²) in [4.78, 5) is 31.2. The van der Waals surface area contributed by atoms with Crippen LogP contribution in [0.4, 0.5) is 5.69 Å². The third kappa shape index (κ3) is 9.79. The zero-order chi connectivity index (χ0) is 33.1. The smallest absolute Gasteiger partial charge is 0.258 e. The summed E-state index contributed by atoms with van der Waals surface area (Å²) in [7, 11) is 3.74. The van der Waals surface area contributed by atoms with Gasteiger partial charge in [-0.25, -0.2) is 0 Å². The number of hydrogen-bond donors (Lipinski definition) is 2. The predicted molar refractivity (Wildman–Crippen MR) is 181 cm³/mol. The van der Waals surface area contributed by atoms with Gasteiger partial charge in [0.25, 0.3) is 11.8 Å². The average molecular weight is 632 g/mol. The number of amides is 2. The van der Waals surface area contributed by atoms with Crippen LogP contribution in [0.3, 0.4) is 0 Å². The molecule has 3 aromatic rings. The van der Waals surface area contributed by atoms with Crippen molar-refractivity contribution in [2.75, 3.05) is 45.8 Å². The summed E-state index contributed by atoms with van der Waals surface area (Å²) in [6, 6.07) is 21.7. The van der Waals surface area contributed by atoms with Crippen LogP contribution in [0.5, 0.6) is 11.5 Å². The van der Waals surface area contributed by atoms with Gasteiger partial charge in [-0.15, -0.1) is 0 Å². The Hall–Kier alpha value is -3.92. The Balaban J connectivity index is 1.59. The average Bonchev–Trinajstić information content (AvgIpc) is 3.06. The van der Waals surface area contributed by atoms with Gasteiger partial charge >= 0.3 is 0 Å². The van der Waals surface area contributed by atoms with Gasteiger partial charge in [0.15, 0.2) is 0 Å². The number of carbonyl (C=O) groups excluding carboxylic acids is 2. The lowest BCUT2D eigenvalue weighted by molar-refractivity contribution is -0.0177. The number of methoxy groups -OCH3 is 1. The number of hydrogen-bond acceptors (Lipinski definition) is 7. The molecule has 0 aromatic heterocycles. The maximum Gasteiger partial charge on any atom is 0.258 e. The molecule has 1 heterocycles. The van der Waals surface area contributed by atoms with Gasteiger partial charge in [-0.2, -0.15) is 0 Å². The largest absolute Gasteiger partial charge is 0.497 e. The number of nitrogens with zero attached hydrogens (tertiary/aromatic N) is 2. The van der Waals surface area contributed by atoms with Gasteiger partial charge < -0.3 is 29.5 Å². The summed E-state index contributed by atoms with van der Waals surface area (Å²) in [6.45, 7) is 8.14. The van der Waals surface area contributed by atoms with Gasteiger partial charge in [-0.05, 0) is 88.2 Å². The van der Waals surface area contributed by atoms with Crippen molar-refractivity contribution in [3.8, 4) is 11.5 Å². The molecule has 2 amide bonds. The monoisotopic (exact) mass is 631 g/mol. The lowest BCUT2D eigenvalue weighted by Crippen LogP contribution is -2.47. The zero-order valence-electron chi connectivity index (χ0n) is 27.8. The summed E-state index contributed by atoms with van der Waals surface area (Å²) in [6.07, 6.45) is 2.35. The van der Waals surface area contributed by atoms with E-state index in [9.17, 15) is 14.7 Å². The molecule has 9 heteroatoms. The molecule has 0 radical (unpaired) electrons. The fraction of sp³-hybridized carbons (Fsp3) is 0.459. The number of nitrogens with one attached hydrogen (secondary N) is 1. The molecular weight excluding hydrogens is 582 g/mol. The minimum absolute atomic E-state index is 0.0385. The van der Waals surface area contributed by atoms with Crippen LogP contribution in [-0.2, 0) is 11.3 Å². The molecule has 46 heavy (non-hydrogen) atoms. The Kier molecular flexibility index (Phi) is 13.0. The quantitative estimate of drug-likeness (QED) is 0.305. The summed E-state index contributed by atoms with van der Waals surface area (Å²) in [5.41, 5.74) is 2.52. The predicted octanol–water partition coefficient (Wildman–Crippen LogP) is 5.88. The lowest BCUT2D eigenvalue weighted by atomic mass is 10.0. The molecule has 1 aliphatic rings. The van der Waals surface area contributed by atoms with Crippen molar-refractivity contribution in [3.05, 3.63) is 89.5 Å². The molecule has 4 atom stereocenters. The SMILES string of the molecule is COc1ccc(CN(C)C[C@H]2OCCCC[C@H](C)Oc3ccc(NC(=O)c4ccccc4)cc3C(=O)N([C@@H](C)CO)C[C@@H]2C)cc1. The molecule has 4 rings (SSSR count). The van der Waals surface area contributed by atoms with E-state index >= 15 is 0 Å². The highest BCUT2D eigenvalue weighted by molar-refractivity contribution is 6.05. The van der Waals surface area contributed by atoms with Crippen LogP contribution >= 0.6 is 0 Å². The van der Waals surface area contributed by atoms with Crippen LogP contribution in [0, 0.1) is 5.92 Å². The van der Waals surface area contributed by atoms with E-state index in [1.807, 2.05) is 32.0 Å². The zero-order valence-corrected chi connectivity index (χ0v) is 27.8. The van der Waals surface area contributed by atoms with Crippen molar-refractivity contribution < 1.29 is 28.9 Å². The van der Waals surface area contributed by atoms with Crippen molar-refractivity contribution in [2.24, 2.45) is 5.92 Å². The molecule has 0 unspecified atom stereocenters. The Labute approximate surface area is 273 Å². The number of anilines is 1. The molecular formula is C37H49N3O6. The topological polar surface area (TPSA) is 101 Å².